The van der Waals surface area contributed by atoms with E-state index in [-0.39, 0.29) is 12.5 Å². The van der Waals surface area contributed by atoms with E-state index < -0.39 is 0 Å². The van der Waals surface area contributed by atoms with Crippen LogP contribution in [0.25, 0.3) is 0 Å². The summed E-state index contributed by atoms with van der Waals surface area (Å²) in [4.78, 5) is 23.5. The highest BCUT2D eigenvalue weighted by molar-refractivity contribution is 5.85. The Morgan fingerprint density at radius 3 is 2.60 bits per heavy atom. The third-order valence-corrected chi connectivity index (χ3v) is 6.20. The van der Waals surface area contributed by atoms with Crippen molar-refractivity contribution >= 4 is 11.9 Å². The Bertz CT molecular complexity index is 526. The van der Waals surface area contributed by atoms with Gasteiger partial charge in [-0.25, -0.2) is 4.99 Å². The first-order chi connectivity index (χ1) is 12.1. The van der Waals surface area contributed by atoms with E-state index in [1.165, 1.54) is 51.5 Å². The summed E-state index contributed by atoms with van der Waals surface area (Å²) >= 11 is 0. The number of aliphatic imine (C=N–C) groups is 1. The number of fused-ring (bicyclic) bond motifs is 1. The molecule has 4 fully saturated rings. The van der Waals surface area contributed by atoms with Crippen molar-refractivity contribution < 1.29 is 4.79 Å². The van der Waals surface area contributed by atoms with E-state index in [0.717, 1.165) is 37.1 Å². The van der Waals surface area contributed by atoms with Crippen molar-refractivity contribution in [3.8, 4) is 0 Å². The van der Waals surface area contributed by atoms with Gasteiger partial charge in [0.25, 0.3) is 0 Å². The minimum atomic E-state index is 0.0718. The van der Waals surface area contributed by atoms with Crippen LogP contribution in [0.2, 0.25) is 0 Å². The van der Waals surface area contributed by atoms with Crippen LogP contribution in [-0.4, -0.2) is 85.0 Å². The van der Waals surface area contributed by atoms with Crippen LogP contribution in [0.1, 0.15) is 44.9 Å². The zero-order chi connectivity index (χ0) is 17.4. The van der Waals surface area contributed by atoms with Crippen LogP contribution in [0.4, 0.5) is 0 Å². The lowest BCUT2D eigenvalue weighted by molar-refractivity contribution is -0.127. The molecule has 6 nitrogen and oxygen atoms in total. The summed E-state index contributed by atoms with van der Waals surface area (Å²) in [6.07, 6.45) is 9.22. The molecular formula is C19H33N5O. The summed E-state index contributed by atoms with van der Waals surface area (Å²) in [5, 5.41) is 3.59. The third-order valence-electron chi connectivity index (χ3n) is 6.20. The second kappa shape index (κ2) is 7.14. The van der Waals surface area contributed by atoms with Gasteiger partial charge in [0.1, 0.15) is 6.54 Å². The van der Waals surface area contributed by atoms with Crippen molar-refractivity contribution in [1.82, 2.24) is 20.0 Å². The van der Waals surface area contributed by atoms with Gasteiger partial charge in [0, 0.05) is 45.3 Å². The summed E-state index contributed by atoms with van der Waals surface area (Å²) < 4.78 is 0. The Hall–Kier alpha value is -1.30. The van der Waals surface area contributed by atoms with Crippen molar-refractivity contribution in [1.29, 1.82) is 0 Å². The Balaban J connectivity index is 1.41. The van der Waals surface area contributed by atoms with E-state index in [1.54, 1.807) is 19.0 Å². The number of likely N-dealkylation sites (N-methyl/N-ethyl adjacent to an activating group) is 1. The number of hydrogen-bond donors (Lipinski definition) is 1. The number of hydrogen-bond acceptors (Lipinski definition) is 3. The molecule has 140 valence electrons. The van der Waals surface area contributed by atoms with E-state index in [0.29, 0.717) is 6.04 Å². The average Bonchev–Trinajstić information content (AvgIpc) is 3.51. The highest BCUT2D eigenvalue weighted by Gasteiger charge is 2.42. The standard InChI is InChI=1S/C19H33N5O/c1-22(2)18(25)12-20-19(21-15-5-6-15)23-11-9-17-14(13-23)4-3-10-24(17)16-7-8-16/h14-17H,3-13H2,1-2H3,(H,20,21). The van der Waals surface area contributed by atoms with E-state index in [4.69, 9.17) is 0 Å². The zero-order valence-electron chi connectivity index (χ0n) is 15.8. The van der Waals surface area contributed by atoms with E-state index >= 15 is 0 Å². The normalized spacial score (nSPS) is 30.8. The van der Waals surface area contributed by atoms with Gasteiger partial charge < -0.3 is 15.1 Å². The highest BCUT2D eigenvalue weighted by Crippen LogP contribution is 2.38. The van der Waals surface area contributed by atoms with Gasteiger partial charge in [-0.3, -0.25) is 9.69 Å². The quantitative estimate of drug-likeness (QED) is 0.612. The number of guanidine groups is 1. The first-order valence-corrected chi connectivity index (χ1v) is 10.1. The van der Waals surface area contributed by atoms with Gasteiger partial charge in [-0.05, 0) is 57.4 Å². The lowest BCUT2D eigenvalue weighted by Crippen LogP contribution is -2.57. The number of carbonyl (C=O) groups excluding carboxylic acids is 1. The maximum Gasteiger partial charge on any atom is 0.243 e. The lowest BCUT2D eigenvalue weighted by Gasteiger charge is -2.48. The molecular weight excluding hydrogens is 314 g/mol. The first kappa shape index (κ1) is 17.1. The van der Waals surface area contributed by atoms with Gasteiger partial charge >= 0.3 is 0 Å². The Kier molecular flexibility index (Phi) is 4.89. The van der Waals surface area contributed by atoms with Gasteiger partial charge in [0.05, 0.1) is 0 Å². The molecule has 2 unspecified atom stereocenters. The molecule has 6 heteroatoms. The predicted molar refractivity (Wildman–Crippen MR) is 99.6 cm³/mol. The minimum Gasteiger partial charge on any atom is -0.353 e. The predicted octanol–water partition coefficient (Wildman–Crippen LogP) is 1.13. The molecule has 4 aliphatic rings. The van der Waals surface area contributed by atoms with Crippen LogP contribution >= 0.6 is 0 Å². The van der Waals surface area contributed by atoms with Crippen molar-refractivity contribution in [3.05, 3.63) is 0 Å². The summed E-state index contributed by atoms with van der Waals surface area (Å²) in [6, 6.07) is 2.23. The maximum absolute atomic E-state index is 12.0. The first-order valence-electron chi connectivity index (χ1n) is 10.1. The molecule has 0 bridgehead atoms. The summed E-state index contributed by atoms with van der Waals surface area (Å²) in [6.45, 7) is 3.73. The van der Waals surface area contributed by atoms with Crippen LogP contribution in [0.3, 0.4) is 0 Å². The van der Waals surface area contributed by atoms with E-state index in [9.17, 15) is 4.79 Å². The molecule has 0 aromatic heterocycles. The summed E-state index contributed by atoms with van der Waals surface area (Å²) in [7, 11) is 3.59. The van der Waals surface area contributed by atoms with Gasteiger partial charge in [0.2, 0.25) is 5.91 Å². The molecule has 2 aliphatic heterocycles. The zero-order valence-corrected chi connectivity index (χ0v) is 15.8. The topological polar surface area (TPSA) is 51.2 Å². The van der Waals surface area contributed by atoms with Gasteiger partial charge in [-0.2, -0.15) is 0 Å². The Morgan fingerprint density at radius 1 is 1.12 bits per heavy atom. The van der Waals surface area contributed by atoms with Crippen molar-refractivity contribution in [3.63, 3.8) is 0 Å². The van der Waals surface area contributed by atoms with Crippen LogP contribution in [0, 0.1) is 5.92 Å². The van der Waals surface area contributed by atoms with Crippen LogP contribution < -0.4 is 5.32 Å². The van der Waals surface area contributed by atoms with Gasteiger partial charge in [-0.15, -0.1) is 0 Å². The van der Waals surface area contributed by atoms with Crippen molar-refractivity contribution in [2.24, 2.45) is 10.9 Å². The molecule has 25 heavy (non-hydrogen) atoms. The molecule has 2 saturated heterocycles. The molecule has 2 heterocycles. The molecule has 0 spiro atoms. The number of carbonyl (C=O) groups is 1. The number of amides is 1. The van der Waals surface area contributed by atoms with Gasteiger partial charge in [-0.1, -0.05) is 0 Å². The van der Waals surface area contributed by atoms with Crippen molar-refractivity contribution in [2.45, 2.75) is 63.1 Å². The summed E-state index contributed by atoms with van der Waals surface area (Å²) in [5.41, 5.74) is 0. The second-order valence-electron chi connectivity index (χ2n) is 8.52. The highest BCUT2D eigenvalue weighted by atomic mass is 16.2. The Labute approximate surface area is 151 Å². The fourth-order valence-corrected chi connectivity index (χ4v) is 4.43. The largest absolute Gasteiger partial charge is 0.353 e. The Morgan fingerprint density at radius 2 is 1.92 bits per heavy atom. The second-order valence-corrected chi connectivity index (χ2v) is 8.52. The molecule has 1 N–H and O–H groups in total. The maximum atomic E-state index is 12.0. The van der Waals surface area contributed by atoms with Crippen molar-refractivity contribution in [2.75, 3.05) is 40.3 Å². The van der Waals surface area contributed by atoms with E-state index in [2.05, 4.69) is 20.1 Å². The molecule has 0 aromatic carbocycles. The van der Waals surface area contributed by atoms with Gasteiger partial charge in [0.15, 0.2) is 5.96 Å². The van der Waals surface area contributed by atoms with Crippen LogP contribution in [0.5, 0.6) is 0 Å². The van der Waals surface area contributed by atoms with Crippen LogP contribution in [0.15, 0.2) is 4.99 Å². The van der Waals surface area contributed by atoms with Crippen LogP contribution in [-0.2, 0) is 4.79 Å². The average molecular weight is 348 g/mol. The number of rotatable bonds is 4. The molecule has 2 aliphatic carbocycles. The molecule has 2 atom stereocenters. The lowest BCUT2D eigenvalue weighted by atomic mass is 9.83. The molecule has 1 amide bonds. The number of likely N-dealkylation sites (tertiary alicyclic amines) is 2. The fraction of sp³-hybridized carbons (Fsp3) is 0.895. The molecule has 0 aromatic rings. The number of nitrogens with zero attached hydrogens (tertiary/aromatic N) is 4. The monoisotopic (exact) mass is 347 g/mol. The SMILES string of the molecule is CN(C)C(=O)CN=C(NC1CC1)N1CCC2C(CCCN2C2CC2)C1. The number of nitrogens with one attached hydrogen (secondary N) is 1. The molecule has 0 radical (unpaired) electrons. The molecule has 2 saturated carbocycles. The smallest absolute Gasteiger partial charge is 0.243 e. The fourth-order valence-electron chi connectivity index (χ4n) is 4.43. The molecule has 4 rings (SSSR count). The summed E-state index contributed by atoms with van der Waals surface area (Å²) in [5.74, 6) is 1.81. The third kappa shape index (κ3) is 4.10. The number of piperidine rings is 2. The van der Waals surface area contributed by atoms with E-state index in [1.807, 2.05) is 0 Å². The minimum absolute atomic E-state index is 0.0718.